The average Bonchev–Trinajstić information content (AvgIpc) is 2.88. The second-order valence-electron chi connectivity index (χ2n) is 11.3. The molecule has 11 heteroatoms. The van der Waals surface area contributed by atoms with Crippen LogP contribution >= 0.6 is 11.6 Å². The zero-order valence-electron chi connectivity index (χ0n) is 22.4. The summed E-state index contributed by atoms with van der Waals surface area (Å²) in [6.45, 7) is 5.35. The molecular weight excluding hydrogens is 527 g/mol. The Morgan fingerprint density at radius 2 is 1.64 bits per heavy atom. The number of alkyl carbamates (subject to hydrolysis) is 1. The molecule has 3 fully saturated rings. The summed E-state index contributed by atoms with van der Waals surface area (Å²) in [6, 6.07) is 7.43. The van der Waals surface area contributed by atoms with E-state index in [2.05, 4.69) is 20.9 Å². The van der Waals surface area contributed by atoms with E-state index in [1.54, 1.807) is 39.1 Å². The number of amides is 3. The second-order valence-corrected chi connectivity index (χ2v) is 11.7. The molecule has 0 atom stereocenters. The fourth-order valence-corrected chi connectivity index (χ4v) is 5.23. The Morgan fingerprint density at radius 3 is 2.26 bits per heavy atom. The zero-order chi connectivity index (χ0) is 28.3. The third-order valence-electron chi connectivity index (χ3n) is 7.18. The third-order valence-corrected chi connectivity index (χ3v) is 7.49. The number of rotatable bonds is 8. The van der Waals surface area contributed by atoms with Crippen molar-refractivity contribution < 1.29 is 28.2 Å². The predicted octanol–water partition coefficient (Wildman–Crippen LogP) is 4.67. The van der Waals surface area contributed by atoms with E-state index in [1.165, 1.54) is 12.1 Å². The lowest BCUT2D eigenvalue weighted by atomic mass is 9.61. The molecule has 0 spiro atoms. The molecule has 0 unspecified atom stereocenters. The van der Waals surface area contributed by atoms with Gasteiger partial charge in [-0.05, 0) is 89.1 Å². The number of benzene rings is 1. The Bertz CT molecular complexity index is 1220. The smallest absolute Gasteiger partial charge is 0.407 e. The molecule has 9 nitrogen and oxygen atoms in total. The van der Waals surface area contributed by atoms with E-state index < -0.39 is 17.5 Å². The number of carbonyl (C=O) groups is 3. The van der Waals surface area contributed by atoms with E-state index in [-0.39, 0.29) is 52.5 Å². The van der Waals surface area contributed by atoms with Crippen LogP contribution in [0, 0.1) is 5.82 Å². The molecule has 5 rings (SSSR count). The Kier molecular flexibility index (Phi) is 8.34. The molecule has 210 valence electrons. The molecule has 3 N–H and O–H groups in total. The minimum atomic E-state index is -0.606. The number of nitrogens with one attached hydrogen (secondary N) is 3. The third kappa shape index (κ3) is 7.59. The Balaban J connectivity index is 1.27. The maximum absolute atomic E-state index is 13.6. The molecule has 0 radical (unpaired) electrons. The van der Waals surface area contributed by atoms with Crippen LogP contribution < -0.4 is 20.7 Å². The minimum Gasteiger partial charge on any atom is -0.484 e. The number of halogens is 2. The highest BCUT2D eigenvalue weighted by Gasteiger charge is 2.50. The normalized spacial score (nSPS) is 22.1. The molecule has 2 bridgehead atoms. The van der Waals surface area contributed by atoms with Gasteiger partial charge in [0.1, 0.15) is 22.9 Å². The van der Waals surface area contributed by atoms with E-state index in [0.717, 1.165) is 50.2 Å². The first kappa shape index (κ1) is 28.6. The molecule has 0 saturated heterocycles. The van der Waals surface area contributed by atoms with Crippen LogP contribution in [-0.4, -0.2) is 46.2 Å². The number of hydrogen-bond acceptors (Lipinski definition) is 6. The quantitative estimate of drug-likeness (QED) is 0.432. The molecule has 1 heterocycles. The van der Waals surface area contributed by atoms with Crippen molar-refractivity contribution in [2.24, 2.45) is 0 Å². The summed E-state index contributed by atoms with van der Waals surface area (Å²) in [4.78, 5) is 41.8. The van der Waals surface area contributed by atoms with Crippen molar-refractivity contribution in [2.75, 3.05) is 6.61 Å². The molecule has 1 aromatic heterocycles. The van der Waals surface area contributed by atoms with Gasteiger partial charge in [-0.2, -0.15) is 0 Å². The number of carbonyl (C=O) groups excluding carboxylic acids is 3. The van der Waals surface area contributed by atoms with Gasteiger partial charge in [-0.3, -0.25) is 14.6 Å². The van der Waals surface area contributed by atoms with Crippen LogP contribution in [0.4, 0.5) is 9.18 Å². The van der Waals surface area contributed by atoms with E-state index in [1.807, 2.05) is 0 Å². The number of pyridine rings is 1. The summed E-state index contributed by atoms with van der Waals surface area (Å²) in [5.41, 5.74) is -0.286. The summed E-state index contributed by atoms with van der Waals surface area (Å²) in [5.74, 6) is -0.914. The van der Waals surface area contributed by atoms with Crippen LogP contribution in [0.15, 0.2) is 36.5 Å². The highest BCUT2D eigenvalue weighted by Crippen LogP contribution is 2.47. The number of hydrogen-bond donors (Lipinski definition) is 3. The van der Waals surface area contributed by atoms with Gasteiger partial charge < -0.3 is 25.4 Å². The summed E-state index contributed by atoms with van der Waals surface area (Å²) in [7, 11) is 0. The number of aromatic nitrogens is 1. The van der Waals surface area contributed by atoms with Crippen LogP contribution in [0.5, 0.6) is 5.75 Å². The van der Waals surface area contributed by atoms with Crippen LogP contribution in [0.1, 0.15) is 75.3 Å². The minimum absolute atomic E-state index is 0.00985. The van der Waals surface area contributed by atoms with Crippen molar-refractivity contribution in [3.8, 4) is 5.75 Å². The summed E-state index contributed by atoms with van der Waals surface area (Å²) < 4.78 is 24.3. The fourth-order valence-electron chi connectivity index (χ4n) is 5.11. The number of ether oxygens (including phenoxy) is 2. The first-order valence-corrected chi connectivity index (χ1v) is 13.4. The molecule has 3 amide bonds. The Labute approximate surface area is 232 Å². The number of nitrogens with zero attached hydrogens (tertiary/aromatic N) is 1. The first-order chi connectivity index (χ1) is 18.4. The van der Waals surface area contributed by atoms with E-state index >= 15 is 0 Å². The fraction of sp³-hybridized carbons (Fsp3) is 0.500. The molecule has 3 aliphatic carbocycles. The van der Waals surface area contributed by atoms with Crippen molar-refractivity contribution in [2.45, 2.75) is 82.5 Å². The predicted molar refractivity (Wildman–Crippen MR) is 143 cm³/mol. The molecule has 3 saturated carbocycles. The Morgan fingerprint density at radius 1 is 1.00 bits per heavy atom. The van der Waals surface area contributed by atoms with Gasteiger partial charge in [-0.25, -0.2) is 9.18 Å². The van der Waals surface area contributed by atoms with E-state index in [9.17, 15) is 18.8 Å². The summed E-state index contributed by atoms with van der Waals surface area (Å²) >= 11 is 5.68. The maximum Gasteiger partial charge on any atom is 0.407 e. The molecule has 0 aliphatic heterocycles. The lowest BCUT2D eigenvalue weighted by Crippen LogP contribution is -2.64. The van der Waals surface area contributed by atoms with Crippen molar-refractivity contribution in [3.63, 3.8) is 0 Å². The number of fused-ring (bicyclic) bond motifs is 3. The van der Waals surface area contributed by atoms with Gasteiger partial charge in [-0.1, -0.05) is 11.6 Å². The highest BCUT2D eigenvalue weighted by atomic mass is 35.5. The SMILES string of the molecule is CC(C)(C)OC(=O)NCc1ccnc(C(=O)NC23CCC(NC(=O)COc4ccc(Cl)c(F)c4)(CC2)CC3)c1. The van der Waals surface area contributed by atoms with Crippen molar-refractivity contribution in [1.29, 1.82) is 0 Å². The summed E-state index contributed by atoms with van der Waals surface area (Å²) in [6.07, 6.45) is 5.36. The molecule has 2 aromatic rings. The van der Waals surface area contributed by atoms with Gasteiger partial charge in [0, 0.05) is 29.9 Å². The Hall–Kier alpha value is -3.40. The van der Waals surface area contributed by atoms with Crippen molar-refractivity contribution in [1.82, 2.24) is 20.9 Å². The lowest BCUT2D eigenvalue weighted by Gasteiger charge is -2.53. The van der Waals surface area contributed by atoms with Crippen molar-refractivity contribution in [3.05, 3.63) is 58.6 Å². The monoisotopic (exact) mass is 560 g/mol. The topological polar surface area (TPSA) is 119 Å². The lowest BCUT2D eigenvalue weighted by molar-refractivity contribution is -0.126. The van der Waals surface area contributed by atoms with E-state index in [0.29, 0.717) is 0 Å². The van der Waals surface area contributed by atoms with Gasteiger partial charge in [-0.15, -0.1) is 0 Å². The van der Waals surface area contributed by atoms with Crippen LogP contribution in [-0.2, 0) is 16.1 Å². The standard InChI is InChI=1S/C28H34ClFN4O5/c1-26(2,3)39-25(37)32-16-18-6-13-31-22(14-18)24(36)34-28-10-7-27(8-11-28,9-12-28)33-23(35)17-38-19-4-5-20(29)21(30)15-19/h4-6,13-15H,7-12,16-17H2,1-3H3,(H,32,37)(H,33,35)(H,34,36). The van der Waals surface area contributed by atoms with E-state index in [4.69, 9.17) is 21.1 Å². The average molecular weight is 561 g/mol. The van der Waals surface area contributed by atoms with Gasteiger partial charge in [0.2, 0.25) is 0 Å². The van der Waals surface area contributed by atoms with Crippen molar-refractivity contribution >= 4 is 29.5 Å². The molecule has 3 aliphatic rings. The maximum atomic E-state index is 13.6. The van der Waals surface area contributed by atoms with Crippen LogP contribution in [0.2, 0.25) is 5.02 Å². The van der Waals surface area contributed by atoms with Crippen LogP contribution in [0.25, 0.3) is 0 Å². The van der Waals surface area contributed by atoms with Gasteiger partial charge in [0.25, 0.3) is 11.8 Å². The molecule has 39 heavy (non-hydrogen) atoms. The zero-order valence-corrected chi connectivity index (χ0v) is 23.1. The largest absolute Gasteiger partial charge is 0.484 e. The first-order valence-electron chi connectivity index (χ1n) is 13.0. The van der Waals surface area contributed by atoms with Gasteiger partial charge >= 0.3 is 6.09 Å². The highest BCUT2D eigenvalue weighted by molar-refractivity contribution is 6.30. The molecular formula is C28H34ClFN4O5. The van der Waals surface area contributed by atoms with Gasteiger partial charge in [0.05, 0.1) is 5.02 Å². The van der Waals surface area contributed by atoms with Crippen LogP contribution in [0.3, 0.4) is 0 Å². The molecule has 1 aromatic carbocycles. The van der Waals surface area contributed by atoms with Gasteiger partial charge in [0.15, 0.2) is 6.61 Å². The second kappa shape index (κ2) is 11.4. The summed E-state index contributed by atoms with van der Waals surface area (Å²) in [5, 5.41) is 8.97.